The van der Waals surface area contributed by atoms with Crippen molar-refractivity contribution in [3.05, 3.63) is 170 Å². The van der Waals surface area contributed by atoms with Gasteiger partial charge in [-0.3, -0.25) is 0 Å². The van der Waals surface area contributed by atoms with Crippen LogP contribution in [0.15, 0.2) is 174 Å². The third-order valence-corrected chi connectivity index (χ3v) is 11.0. The third-order valence-electron chi connectivity index (χ3n) is 11.0. The molecule has 0 radical (unpaired) electrons. The van der Waals surface area contributed by atoms with E-state index < -0.39 is 0 Å². The van der Waals surface area contributed by atoms with Gasteiger partial charge in [-0.2, -0.15) is 0 Å². The van der Waals surface area contributed by atoms with Crippen LogP contribution in [0.1, 0.15) is 0 Å². The monoisotopic (exact) mass is 688 g/mol. The van der Waals surface area contributed by atoms with E-state index in [0.717, 1.165) is 55.3 Å². The van der Waals surface area contributed by atoms with Crippen LogP contribution in [0.4, 0.5) is 0 Å². The molecular weight excluding hydrogens is 661 g/mol. The van der Waals surface area contributed by atoms with Gasteiger partial charge in [-0.25, -0.2) is 15.0 Å². The number of nitrogens with zero attached hydrogens (tertiary/aromatic N) is 4. The second-order valence-corrected chi connectivity index (χ2v) is 13.9. The second-order valence-electron chi connectivity index (χ2n) is 13.9. The van der Waals surface area contributed by atoms with Crippen molar-refractivity contribution in [3.63, 3.8) is 0 Å². The smallest absolute Gasteiger partial charge is 0.166 e. The average molecular weight is 689 g/mol. The Bertz CT molecular complexity index is 3370. The van der Waals surface area contributed by atoms with Gasteiger partial charge in [0.1, 0.15) is 11.2 Å². The number of hydrogen-bond acceptors (Lipinski definition) is 4. The van der Waals surface area contributed by atoms with Crippen LogP contribution in [0.5, 0.6) is 0 Å². The van der Waals surface area contributed by atoms with Crippen LogP contribution >= 0.6 is 0 Å². The van der Waals surface area contributed by atoms with Gasteiger partial charge in [-0.05, 0) is 57.3 Å². The van der Waals surface area contributed by atoms with Crippen molar-refractivity contribution < 1.29 is 4.42 Å². The molecule has 0 aliphatic rings. The molecule has 0 unspecified atom stereocenters. The van der Waals surface area contributed by atoms with Crippen molar-refractivity contribution in [2.45, 2.75) is 0 Å². The van der Waals surface area contributed by atoms with Crippen LogP contribution < -0.4 is 0 Å². The van der Waals surface area contributed by atoms with Crippen molar-refractivity contribution >= 4 is 76.1 Å². The van der Waals surface area contributed by atoms with Gasteiger partial charge in [0.25, 0.3) is 0 Å². The van der Waals surface area contributed by atoms with E-state index in [1.54, 1.807) is 0 Å². The van der Waals surface area contributed by atoms with E-state index in [1.165, 1.54) is 43.1 Å². The van der Waals surface area contributed by atoms with E-state index in [1.807, 2.05) is 48.5 Å². The molecule has 5 heteroatoms. The van der Waals surface area contributed by atoms with Gasteiger partial charge < -0.3 is 8.98 Å². The molecule has 9 aromatic carbocycles. The summed E-state index contributed by atoms with van der Waals surface area (Å²) in [5.74, 6) is 1.83. The standard InChI is InChI=1S/C49H28N4O/c1-3-14-29(15-4-1)47-50-48(30-16-5-2-6-17-30)52-49(51-47)37-26-27-41-44(36-22-11-12-25-40(36)54-41)46(37)53-38-24-13-23-35-33-20-9-10-21-34(33)42-32-19-8-7-18-31(32)28-39(53)45(42)43(35)38/h1-28H. The first-order valence-corrected chi connectivity index (χ1v) is 18.2. The molecule has 0 fully saturated rings. The Morgan fingerprint density at radius 2 is 0.963 bits per heavy atom. The molecule has 0 aliphatic heterocycles. The van der Waals surface area contributed by atoms with E-state index in [-0.39, 0.29) is 0 Å². The Kier molecular flexibility index (Phi) is 5.99. The summed E-state index contributed by atoms with van der Waals surface area (Å²) < 4.78 is 9.05. The van der Waals surface area contributed by atoms with E-state index in [0.29, 0.717) is 17.5 Å². The molecule has 0 amide bonds. The fraction of sp³-hybridized carbons (Fsp3) is 0. The van der Waals surface area contributed by atoms with Crippen molar-refractivity contribution in [1.82, 2.24) is 19.5 Å². The summed E-state index contributed by atoms with van der Waals surface area (Å²) >= 11 is 0. The first-order chi connectivity index (χ1) is 26.8. The second kappa shape index (κ2) is 11.1. The SMILES string of the molecule is c1ccc(-c2nc(-c3ccccc3)nc(-c3ccc4oc5ccccc5c4c3-n3c4cccc5c6ccccc6c6c7ccccc7cc3c6c54)n2)cc1. The third kappa shape index (κ3) is 4.06. The highest BCUT2D eigenvalue weighted by atomic mass is 16.3. The van der Waals surface area contributed by atoms with Crippen LogP contribution in [0.3, 0.4) is 0 Å². The van der Waals surface area contributed by atoms with E-state index in [4.69, 9.17) is 19.4 Å². The molecule has 54 heavy (non-hydrogen) atoms. The minimum atomic E-state index is 0.593. The number of aromatic nitrogens is 4. The highest BCUT2D eigenvalue weighted by Gasteiger charge is 2.27. The minimum absolute atomic E-state index is 0.593. The fourth-order valence-corrected chi connectivity index (χ4v) is 8.70. The van der Waals surface area contributed by atoms with Gasteiger partial charge in [-0.1, -0.05) is 140 Å². The van der Waals surface area contributed by atoms with Crippen LogP contribution in [0.25, 0.3) is 116 Å². The molecule has 12 rings (SSSR count). The normalized spacial score (nSPS) is 12.1. The molecule has 0 spiro atoms. The molecule has 0 saturated carbocycles. The summed E-state index contributed by atoms with van der Waals surface area (Å²) in [6.07, 6.45) is 0. The molecule has 0 bridgehead atoms. The molecule has 250 valence electrons. The Labute approximate surface area is 308 Å². The lowest BCUT2D eigenvalue weighted by atomic mass is 9.91. The van der Waals surface area contributed by atoms with Crippen LogP contribution in [-0.4, -0.2) is 19.5 Å². The van der Waals surface area contributed by atoms with E-state index in [2.05, 4.69) is 126 Å². The predicted octanol–water partition coefficient (Wildman–Crippen LogP) is 12.8. The lowest BCUT2D eigenvalue weighted by Gasteiger charge is -2.16. The summed E-state index contributed by atoms with van der Waals surface area (Å²) in [6.45, 7) is 0. The number of fused-ring (bicyclic) bond motifs is 8. The summed E-state index contributed by atoms with van der Waals surface area (Å²) in [7, 11) is 0. The highest BCUT2D eigenvalue weighted by Crippen LogP contribution is 2.49. The lowest BCUT2D eigenvalue weighted by molar-refractivity contribution is 0.669. The largest absolute Gasteiger partial charge is 0.456 e. The Hall–Kier alpha value is -7.37. The Morgan fingerprint density at radius 3 is 1.72 bits per heavy atom. The number of furan rings is 1. The van der Waals surface area contributed by atoms with E-state index in [9.17, 15) is 0 Å². The molecule has 0 aliphatic carbocycles. The van der Waals surface area contributed by atoms with Crippen molar-refractivity contribution in [3.8, 4) is 39.9 Å². The molecule has 0 atom stereocenters. The Balaban J connectivity index is 1.30. The van der Waals surface area contributed by atoms with Crippen LogP contribution in [0, 0.1) is 0 Å². The molecular formula is C49H28N4O. The topological polar surface area (TPSA) is 56.7 Å². The van der Waals surface area contributed by atoms with Gasteiger partial charge in [0.15, 0.2) is 17.5 Å². The number of rotatable bonds is 4. The zero-order valence-corrected chi connectivity index (χ0v) is 28.9. The first-order valence-electron chi connectivity index (χ1n) is 18.2. The molecule has 3 aromatic heterocycles. The first kappa shape index (κ1) is 29.2. The van der Waals surface area contributed by atoms with E-state index >= 15 is 0 Å². The summed E-state index contributed by atoms with van der Waals surface area (Å²) in [4.78, 5) is 15.6. The summed E-state index contributed by atoms with van der Waals surface area (Å²) in [5, 5.41) is 12.0. The van der Waals surface area contributed by atoms with Gasteiger partial charge in [-0.15, -0.1) is 0 Å². The van der Waals surface area contributed by atoms with Crippen molar-refractivity contribution in [2.75, 3.05) is 0 Å². The summed E-state index contributed by atoms with van der Waals surface area (Å²) in [5.41, 5.74) is 7.61. The lowest BCUT2D eigenvalue weighted by Crippen LogP contribution is -2.04. The maximum absolute atomic E-state index is 6.61. The zero-order valence-electron chi connectivity index (χ0n) is 28.9. The molecule has 0 N–H and O–H groups in total. The molecule has 12 aromatic rings. The average Bonchev–Trinajstić information content (AvgIpc) is 3.79. The highest BCUT2D eigenvalue weighted by molar-refractivity contribution is 6.39. The van der Waals surface area contributed by atoms with Crippen LogP contribution in [0.2, 0.25) is 0 Å². The quantitative estimate of drug-likeness (QED) is 0.173. The van der Waals surface area contributed by atoms with Gasteiger partial charge in [0.05, 0.1) is 22.1 Å². The van der Waals surface area contributed by atoms with Crippen molar-refractivity contribution in [2.24, 2.45) is 0 Å². The molecule has 3 heterocycles. The number of benzene rings is 9. The van der Waals surface area contributed by atoms with Crippen molar-refractivity contribution in [1.29, 1.82) is 0 Å². The van der Waals surface area contributed by atoms with Gasteiger partial charge in [0.2, 0.25) is 0 Å². The number of para-hydroxylation sites is 1. The maximum atomic E-state index is 6.61. The zero-order chi connectivity index (χ0) is 35.3. The van der Waals surface area contributed by atoms with Gasteiger partial charge in [0, 0.05) is 38.2 Å². The molecule has 5 nitrogen and oxygen atoms in total. The maximum Gasteiger partial charge on any atom is 0.166 e. The molecule has 0 saturated heterocycles. The van der Waals surface area contributed by atoms with Crippen LogP contribution in [-0.2, 0) is 0 Å². The number of hydrogen-bond donors (Lipinski definition) is 0. The predicted molar refractivity (Wildman–Crippen MR) is 221 cm³/mol. The summed E-state index contributed by atoms with van der Waals surface area (Å²) in [6, 6.07) is 59.5. The Morgan fingerprint density at radius 1 is 0.370 bits per heavy atom. The van der Waals surface area contributed by atoms with Gasteiger partial charge >= 0.3 is 0 Å². The fourth-order valence-electron chi connectivity index (χ4n) is 8.70. The minimum Gasteiger partial charge on any atom is -0.456 e.